The first-order valence-electron chi connectivity index (χ1n) is 8.80. The van der Waals surface area contributed by atoms with E-state index in [4.69, 9.17) is 0 Å². The van der Waals surface area contributed by atoms with Gasteiger partial charge < -0.3 is 20.3 Å². The molecule has 2 rings (SSSR count). The van der Waals surface area contributed by atoms with Crippen molar-refractivity contribution in [1.82, 2.24) is 10.2 Å². The Bertz CT molecular complexity index is 685. The summed E-state index contributed by atoms with van der Waals surface area (Å²) in [6, 6.07) is 4.66. The van der Waals surface area contributed by atoms with Crippen LogP contribution in [-0.2, 0) is 9.59 Å². The second kappa shape index (κ2) is 9.12. The van der Waals surface area contributed by atoms with Crippen LogP contribution < -0.4 is 10.6 Å². The van der Waals surface area contributed by atoms with Gasteiger partial charge in [-0.1, -0.05) is 0 Å². The highest BCUT2D eigenvalue weighted by molar-refractivity contribution is 6.03. The Morgan fingerprint density at radius 2 is 2.04 bits per heavy atom. The number of carbonyl (C=O) groups is 4. The van der Waals surface area contributed by atoms with Gasteiger partial charge in [-0.3, -0.25) is 14.4 Å². The molecule has 140 valence electrons. The fourth-order valence-electron chi connectivity index (χ4n) is 2.95. The van der Waals surface area contributed by atoms with Gasteiger partial charge in [0, 0.05) is 37.8 Å². The molecule has 7 heteroatoms. The third-order valence-corrected chi connectivity index (χ3v) is 4.78. The summed E-state index contributed by atoms with van der Waals surface area (Å²) in [6.07, 6.45) is 5.10. The lowest BCUT2D eigenvalue weighted by atomic mass is 9.92. The van der Waals surface area contributed by atoms with Gasteiger partial charge in [0.05, 0.1) is 5.56 Å². The van der Waals surface area contributed by atoms with E-state index in [-0.39, 0.29) is 29.9 Å². The first kappa shape index (κ1) is 19.6. The maximum absolute atomic E-state index is 12.9. The number of nitrogens with one attached hydrogen (secondary N) is 2. The number of benzene rings is 1. The molecule has 1 saturated carbocycles. The van der Waals surface area contributed by atoms with Gasteiger partial charge >= 0.3 is 0 Å². The third kappa shape index (κ3) is 4.47. The standard InChI is InChI=1S/C19H25N3O4/c1-20-18(25)17(7-4-10-23)22(2)19(26)16-11-15(9-8-13(16)12-24)21-14-5-3-6-14/h8-12,14,17,21H,3-7H2,1-2H3,(H,20,25). The van der Waals surface area contributed by atoms with E-state index in [1.165, 1.54) is 25.4 Å². The predicted octanol–water partition coefficient (Wildman–Crippen LogP) is 1.63. The highest BCUT2D eigenvalue weighted by Crippen LogP contribution is 2.25. The SMILES string of the molecule is CNC(=O)C(CCC=O)N(C)C(=O)c1cc(NC2CCC2)ccc1C=O. The maximum Gasteiger partial charge on any atom is 0.255 e. The summed E-state index contributed by atoms with van der Waals surface area (Å²) >= 11 is 0. The van der Waals surface area contributed by atoms with Gasteiger partial charge in [0.15, 0.2) is 6.29 Å². The van der Waals surface area contributed by atoms with E-state index in [0.717, 1.165) is 18.5 Å². The summed E-state index contributed by atoms with van der Waals surface area (Å²) in [5.74, 6) is -0.775. The Morgan fingerprint density at radius 3 is 2.58 bits per heavy atom. The second-order valence-corrected chi connectivity index (χ2v) is 6.48. The molecular formula is C19H25N3O4. The molecule has 1 aromatic carbocycles. The number of rotatable bonds is 9. The van der Waals surface area contributed by atoms with Gasteiger partial charge in [-0.05, 0) is 43.9 Å². The van der Waals surface area contributed by atoms with Crippen molar-refractivity contribution < 1.29 is 19.2 Å². The normalized spacial score (nSPS) is 14.7. The molecule has 2 amide bonds. The summed E-state index contributed by atoms with van der Waals surface area (Å²) in [5, 5.41) is 5.86. The van der Waals surface area contributed by atoms with Crippen LogP contribution in [0, 0.1) is 0 Å². The molecule has 1 fully saturated rings. The average molecular weight is 359 g/mol. The first-order valence-corrected chi connectivity index (χ1v) is 8.80. The van der Waals surface area contributed by atoms with Crippen LogP contribution in [0.5, 0.6) is 0 Å². The molecule has 1 atom stereocenters. The Morgan fingerprint density at radius 1 is 1.31 bits per heavy atom. The van der Waals surface area contributed by atoms with Crippen LogP contribution in [0.15, 0.2) is 18.2 Å². The van der Waals surface area contributed by atoms with E-state index in [1.54, 1.807) is 18.2 Å². The van der Waals surface area contributed by atoms with E-state index < -0.39 is 11.9 Å². The number of hydrogen-bond donors (Lipinski definition) is 2. The highest BCUT2D eigenvalue weighted by Gasteiger charge is 2.28. The number of anilines is 1. The minimum absolute atomic E-state index is 0.166. The van der Waals surface area contributed by atoms with Crippen molar-refractivity contribution in [2.24, 2.45) is 0 Å². The van der Waals surface area contributed by atoms with Crippen LogP contribution >= 0.6 is 0 Å². The highest BCUT2D eigenvalue weighted by atomic mass is 16.2. The molecule has 1 aliphatic carbocycles. The molecule has 0 aliphatic heterocycles. The summed E-state index contributed by atoms with van der Waals surface area (Å²) in [4.78, 5) is 48.4. The van der Waals surface area contributed by atoms with Crippen molar-refractivity contribution in [3.63, 3.8) is 0 Å². The van der Waals surface area contributed by atoms with Gasteiger partial charge in [-0.15, -0.1) is 0 Å². The van der Waals surface area contributed by atoms with Crippen molar-refractivity contribution in [2.75, 3.05) is 19.4 Å². The van der Waals surface area contributed by atoms with E-state index >= 15 is 0 Å². The molecule has 0 bridgehead atoms. The zero-order chi connectivity index (χ0) is 19.1. The monoisotopic (exact) mass is 359 g/mol. The van der Waals surface area contributed by atoms with Crippen LogP contribution in [0.25, 0.3) is 0 Å². The van der Waals surface area contributed by atoms with Gasteiger partial charge in [-0.2, -0.15) is 0 Å². The van der Waals surface area contributed by atoms with E-state index in [9.17, 15) is 19.2 Å². The molecule has 7 nitrogen and oxygen atoms in total. The largest absolute Gasteiger partial charge is 0.382 e. The van der Waals surface area contributed by atoms with Crippen LogP contribution in [-0.4, -0.2) is 55.5 Å². The molecular weight excluding hydrogens is 334 g/mol. The van der Waals surface area contributed by atoms with Crippen molar-refractivity contribution in [3.8, 4) is 0 Å². The smallest absolute Gasteiger partial charge is 0.255 e. The van der Waals surface area contributed by atoms with Crippen molar-refractivity contribution in [3.05, 3.63) is 29.3 Å². The molecule has 0 saturated heterocycles. The fourth-order valence-corrected chi connectivity index (χ4v) is 2.95. The summed E-state index contributed by atoms with van der Waals surface area (Å²) < 4.78 is 0. The zero-order valence-corrected chi connectivity index (χ0v) is 15.2. The number of carbonyl (C=O) groups excluding carboxylic acids is 4. The molecule has 1 unspecified atom stereocenters. The van der Waals surface area contributed by atoms with Gasteiger partial charge in [0.2, 0.25) is 5.91 Å². The van der Waals surface area contributed by atoms with Gasteiger partial charge in [0.1, 0.15) is 12.3 Å². The summed E-state index contributed by atoms with van der Waals surface area (Å²) in [7, 11) is 2.99. The summed E-state index contributed by atoms with van der Waals surface area (Å²) in [6.45, 7) is 0. The number of hydrogen-bond acceptors (Lipinski definition) is 5. The molecule has 0 aromatic heterocycles. The van der Waals surface area contributed by atoms with E-state index in [2.05, 4.69) is 10.6 Å². The van der Waals surface area contributed by atoms with Crippen molar-refractivity contribution in [1.29, 1.82) is 0 Å². The Hall–Kier alpha value is -2.70. The number of amides is 2. The summed E-state index contributed by atoms with van der Waals surface area (Å²) in [5.41, 5.74) is 1.29. The molecule has 0 radical (unpaired) electrons. The van der Waals surface area contributed by atoms with Crippen LogP contribution in [0.4, 0.5) is 5.69 Å². The Labute approximate surface area is 153 Å². The quantitative estimate of drug-likeness (QED) is 0.654. The zero-order valence-electron chi connectivity index (χ0n) is 15.2. The minimum atomic E-state index is -0.777. The Balaban J connectivity index is 2.26. The molecule has 26 heavy (non-hydrogen) atoms. The fraction of sp³-hybridized carbons (Fsp3) is 0.474. The molecule has 0 spiro atoms. The van der Waals surface area contributed by atoms with Crippen LogP contribution in [0.2, 0.25) is 0 Å². The van der Waals surface area contributed by atoms with Gasteiger partial charge in [0.25, 0.3) is 5.91 Å². The lowest BCUT2D eigenvalue weighted by Gasteiger charge is -2.29. The average Bonchev–Trinajstić information content (AvgIpc) is 2.63. The minimum Gasteiger partial charge on any atom is -0.382 e. The lowest BCUT2D eigenvalue weighted by Crippen LogP contribution is -2.47. The van der Waals surface area contributed by atoms with Crippen LogP contribution in [0.3, 0.4) is 0 Å². The van der Waals surface area contributed by atoms with Crippen molar-refractivity contribution in [2.45, 2.75) is 44.2 Å². The van der Waals surface area contributed by atoms with Gasteiger partial charge in [-0.25, -0.2) is 0 Å². The van der Waals surface area contributed by atoms with E-state index in [0.29, 0.717) is 18.6 Å². The number of likely N-dealkylation sites (N-methyl/N-ethyl adjacent to an activating group) is 2. The molecule has 1 aliphatic rings. The Kier molecular flexibility index (Phi) is 6.89. The number of aldehydes is 2. The lowest BCUT2D eigenvalue weighted by molar-refractivity contribution is -0.125. The second-order valence-electron chi connectivity index (χ2n) is 6.48. The van der Waals surface area contributed by atoms with E-state index in [1.807, 2.05) is 0 Å². The third-order valence-electron chi connectivity index (χ3n) is 4.78. The molecule has 2 N–H and O–H groups in total. The molecule has 1 aromatic rings. The first-order chi connectivity index (χ1) is 12.5. The van der Waals surface area contributed by atoms with Crippen LogP contribution in [0.1, 0.15) is 52.8 Å². The topological polar surface area (TPSA) is 95.6 Å². The molecule has 0 heterocycles. The maximum atomic E-state index is 12.9. The number of nitrogens with zero attached hydrogens (tertiary/aromatic N) is 1. The van der Waals surface area contributed by atoms with Crippen molar-refractivity contribution >= 4 is 30.1 Å². The predicted molar refractivity (Wildman–Crippen MR) is 98.3 cm³/mol.